The number of methoxy groups -OCH3 is 3. The Labute approximate surface area is 121 Å². The van der Waals surface area contributed by atoms with Crippen LogP contribution in [0.15, 0.2) is 12.1 Å². The van der Waals surface area contributed by atoms with Gasteiger partial charge in [0.05, 0.1) is 27.9 Å². The van der Waals surface area contributed by atoms with Crippen molar-refractivity contribution in [1.29, 1.82) is 0 Å². The zero-order chi connectivity index (χ0) is 15.2. The molecule has 0 aromatic heterocycles. The smallest absolute Gasteiger partial charge is 0.203 e. The van der Waals surface area contributed by atoms with Crippen LogP contribution in [0.1, 0.15) is 13.8 Å². The molecule has 1 N–H and O–H groups in total. The highest BCUT2D eigenvalue weighted by atomic mass is 16.5. The Hall–Kier alpha value is -1.62. The lowest BCUT2D eigenvalue weighted by Crippen LogP contribution is -2.32. The van der Waals surface area contributed by atoms with Crippen LogP contribution in [0.5, 0.6) is 23.0 Å². The molecule has 0 spiro atoms. The van der Waals surface area contributed by atoms with E-state index in [4.69, 9.17) is 18.9 Å². The minimum atomic E-state index is 0.0369. The summed E-state index contributed by atoms with van der Waals surface area (Å²) in [6.45, 7) is 5.74. The van der Waals surface area contributed by atoms with Gasteiger partial charge in [0, 0.05) is 24.1 Å². The normalized spacial score (nSPS) is 11.1. The Balaban J connectivity index is 2.91. The summed E-state index contributed by atoms with van der Waals surface area (Å²) in [6.07, 6.45) is 0. The first-order chi connectivity index (χ1) is 9.47. The third-order valence-corrected chi connectivity index (χ3v) is 2.92. The second-order valence-corrected chi connectivity index (χ2v) is 5.34. The van der Waals surface area contributed by atoms with Crippen LogP contribution in [0.4, 0.5) is 0 Å². The van der Waals surface area contributed by atoms with Crippen molar-refractivity contribution in [3.8, 4) is 23.0 Å². The average Bonchev–Trinajstić information content (AvgIpc) is 2.43. The van der Waals surface area contributed by atoms with E-state index >= 15 is 0 Å². The fourth-order valence-corrected chi connectivity index (χ4v) is 1.95. The van der Waals surface area contributed by atoms with E-state index in [2.05, 4.69) is 19.2 Å². The second kappa shape index (κ2) is 7.24. The van der Waals surface area contributed by atoms with E-state index in [9.17, 15) is 0 Å². The molecular weight excluding hydrogens is 258 g/mol. The molecule has 0 unspecified atom stereocenters. The first kappa shape index (κ1) is 16.4. The topological polar surface area (TPSA) is 49.0 Å². The van der Waals surface area contributed by atoms with Crippen LogP contribution in [0.25, 0.3) is 0 Å². The van der Waals surface area contributed by atoms with Crippen LogP contribution < -0.4 is 24.3 Å². The molecule has 0 saturated heterocycles. The van der Waals surface area contributed by atoms with Crippen molar-refractivity contribution in [2.75, 3.05) is 41.5 Å². The van der Waals surface area contributed by atoms with Crippen LogP contribution in [-0.4, -0.2) is 41.5 Å². The quantitative estimate of drug-likeness (QED) is 0.793. The lowest BCUT2D eigenvalue weighted by molar-refractivity contribution is 0.177. The van der Waals surface area contributed by atoms with E-state index < -0.39 is 0 Å². The molecule has 1 aromatic rings. The molecule has 114 valence electrons. The molecule has 0 aliphatic carbocycles. The molecule has 0 aliphatic rings. The van der Waals surface area contributed by atoms with E-state index in [0.29, 0.717) is 29.6 Å². The number of nitrogens with one attached hydrogen (secondary N) is 1. The van der Waals surface area contributed by atoms with E-state index in [1.54, 1.807) is 33.5 Å². The van der Waals surface area contributed by atoms with Gasteiger partial charge in [0.15, 0.2) is 11.5 Å². The summed E-state index contributed by atoms with van der Waals surface area (Å²) in [6, 6.07) is 3.60. The zero-order valence-electron chi connectivity index (χ0n) is 13.2. The molecule has 0 amide bonds. The molecular formula is C15H25NO4. The predicted molar refractivity (Wildman–Crippen MR) is 79.3 cm³/mol. The third kappa shape index (κ3) is 4.20. The molecule has 0 atom stereocenters. The first-order valence-electron chi connectivity index (χ1n) is 6.55. The van der Waals surface area contributed by atoms with Gasteiger partial charge in [-0.1, -0.05) is 13.8 Å². The van der Waals surface area contributed by atoms with Crippen molar-refractivity contribution < 1.29 is 18.9 Å². The largest absolute Gasteiger partial charge is 0.493 e. The van der Waals surface area contributed by atoms with Crippen LogP contribution in [-0.2, 0) is 0 Å². The van der Waals surface area contributed by atoms with Gasteiger partial charge in [-0.05, 0) is 7.05 Å². The number of hydrogen-bond acceptors (Lipinski definition) is 5. The van der Waals surface area contributed by atoms with Crippen LogP contribution in [0.2, 0.25) is 0 Å². The molecule has 1 aromatic carbocycles. The fraction of sp³-hybridized carbons (Fsp3) is 0.600. The highest BCUT2D eigenvalue weighted by Crippen LogP contribution is 2.41. The summed E-state index contributed by atoms with van der Waals surface area (Å²) in [4.78, 5) is 0. The standard InChI is InChI=1S/C15H25NO4/c1-15(2,9-16-3)10-20-11-7-12(17-4)14(19-6)13(8-11)18-5/h7-8,16H,9-10H2,1-6H3. The molecule has 0 aliphatic heterocycles. The minimum Gasteiger partial charge on any atom is -0.493 e. The van der Waals surface area contributed by atoms with E-state index in [1.807, 2.05) is 7.05 Å². The van der Waals surface area contributed by atoms with Crippen molar-refractivity contribution in [3.63, 3.8) is 0 Å². The minimum absolute atomic E-state index is 0.0369. The summed E-state index contributed by atoms with van der Waals surface area (Å²) in [7, 11) is 6.69. The number of benzene rings is 1. The fourth-order valence-electron chi connectivity index (χ4n) is 1.95. The molecule has 0 bridgehead atoms. The number of hydrogen-bond donors (Lipinski definition) is 1. The maximum Gasteiger partial charge on any atom is 0.203 e. The van der Waals surface area contributed by atoms with Gasteiger partial charge >= 0.3 is 0 Å². The van der Waals surface area contributed by atoms with Crippen molar-refractivity contribution in [2.24, 2.45) is 5.41 Å². The van der Waals surface area contributed by atoms with Crippen molar-refractivity contribution in [1.82, 2.24) is 5.32 Å². The molecule has 1 rings (SSSR count). The average molecular weight is 283 g/mol. The summed E-state index contributed by atoms with van der Waals surface area (Å²) in [5.74, 6) is 2.45. The van der Waals surface area contributed by atoms with Crippen molar-refractivity contribution >= 4 is 0 Å². The Morgan fingerprint density at radius 3 is 1.95 bits per heavy atom. The third-order valence-electron chi connectivity index (χ3n) is 2.92. The number of ether oxygens (including phenoxy) is 4. The van der Waals surface area contributed by atoms with Gasteiger partial charge in [0.1, 0.15) is 5.75 Å². The Morgan fingerprint density at radius 2 is 1.55 bits per heavy atom. The summed E-state index contributed by atoms with van der Waals surface area (Å²) >= 11 is 0. The van der Waals surface area contributed by atoms with Crippen LogP contribution >= 0.6 is 0 Å². The van der Waals surface area contributed by atoms with Crippen molar-refractivity contribution in [2.45, 2.75) is 13.8 Å². The molecule has 5 heteroatoms. The highest BCUT2D eigenvalue weighted by molar-refractivity contribution is 5.55. The van der Waals surface area contributed by atoms with Gasteiger partial charge in [-0.3, -0.25) is 0 Å². The van der Waals surface area contributed by atoms with E-state index in [-0.39, 0.29) is 5.41 Å². The second-order valence-electron chi connectivity index (χ2n) is 5.34. The Morgan fingerprint density at radius 1 is 1.00 bits per heavy atom. The van der Waals surface area contributed by atoms with Crippen LogP contribution in [0.3, 0.4) is 0 Å². The number of rotatable bonds is 8. The summed E-state index contributed by atoms with van der Waals surface area (Å²) < 4.78 is 21.7. The Kier molecular flexibility index (Phi) is 5.95. The monoisotopic (exact) mass is 283 g/mol. The van der Waals surface area contributed by atoms with Gasteiger partial charge in [-0.15, -0.1) is 0 Å². The van der Waals surface area contributed by atoms with Gasteiger partial charge in [-0.2, -0.15) is 0 Å². The SMILES string of the molecule is CNCC(C)(C)COc1cc(OC)c(OC)c(OC)c1. The summed E-state index contributed by atoms with van der Waals surface area (Å²) in [5, 5.41) is 3.16. The molecule has 0 fully saturated rings. The predicted octanol–water partition coefficient (Wildman–Crippen LogP) is 2.34. The molecule has 5 nitrogen and oxygen atoms in total. The Bertz CT molecular complexity index is 407. The van der Waals surface area contributed by atoms with Crippen molar-refractivity contribution in [3.05, 3.63) is 12.1 Å². The lowest BCUT2D eigenvalue weighted by atomic mass is 9.95. The van der Waals surface area contributed by atoms with Crippen LogP contribution in [0, 0.1) is 5.41 Å². The highest BCUT2D eigenvalue weighted by Gasteiger charge is 2.19. The molecule has 0 saturated carbocycles. The first-order valence-corrected chi connectivity index (χ1v) is 6.55. The molecule has 0 heterocycles. The lowest BCUT2D eigenvalue weighted by Gasteiger charge is -2.24. The molecule has 20 heavy (non-hydrogen) atoms. The molecule has 0 radical (unpaired) electrons. The van der Waals surface area contributed by atoms with Gasteiger partial charge in [0.25, 0.3) is 0 Å². The van der Waals surface area contributed by atoms with E-state index in [1.165, 1.54) is 0 Å². The maximum atomic E-state index is 5.85. The van der Waals surface area contributed by atoms with Gasteiger partial charge < -0.3 is 24.3 Å². The van der Waals surface area contributed by atoms with E-state index in [0.717, 1.165) is 6.54 Å². The zero-order valence-corrected chi connectivity index (χ0v) is 13.2. The maximum absolute atomic E-state index is 5.85. The summed E-state index contributed by atoms with van der Waals surface area (Å²) in [5.41, 5.74) is 0.0369. The van der Waals surface area contributed by atoms with Gasteiger partial charge in [0.2, 0.25) is 5.75 Å². The van der Waals surface area contributed by atoms with Gasteiger partial charge in [-0.25, -0.2) is 0 Å².